The summed E-state index contributed by atoms with van der Waals surface area (Å²) in [6.07, 6.45) is 4.02. The molecule has 0 amide bonds. The molecule has 0 fully saturated rings. The molecule has 0 N–H and O–H groups in total. The highest BCUT2D eigenvalue weighted by molar-refractivity contribution is 14.1. The van der Waals surface area contributed by atoms with Crippen LogP contribution in [0.1, 0.15) is 56.9 Å². The van der Waals surface area contributed by atoms with Crippen LogP contribution < -0.4 is 8.92 Å². The van der Waals surface area contributed by atoms with Gasteiger partial charge < -0.3 is 13.8 Å². The molecule has 10 heteroatoms. The van der Waals surface area contributed by atoms with Crippen LogP contribution in [-0.2, 0) is 19.7 Å². The third-order valence-corrected chi connectivity index (χ3v) is 9.57. The number of ketones is 2. The van der Waals surface area contributed by atoms with E-state index in [1.54, 1.807) is 12.1 Å². The molecule has 200 valence electrons. The van der Waals surface area contributed by atoms with Crippen LogP contribution >= 0.6 is 34.2 Å². The fourth-order valence-corrected chi connectivity index (χ4v) is 7.65. The lowest BCUT2D eigenvalue weighted by molar-refractivity contribution is -0.117. The molecule has 0 radical (unpaired) electrons. The zero-order valence-corrected chi connectivity index (χ0v) is 24.8. The van der Waals surface area contributed by atoms with Crippen molar-refractivity contribution in [1.82, 2.24) is 4.90 Å². The van der Waals surface area contributed by atoms with Crippen LogP contribution in [0, 0.1) is 3.57 Å². The van der Waals surface area contributed by atoms with Gasteiger partial charge in [-0.25, -0.2) is 0 Å². The number of hydrogen-bond donors (Lipinski definition) is 0. The van der Waals surface area contributed by atoms with Gasteiger partial charge >= 0.3 is 10.1 Å². The van der Waals surface area contributed by atoms with Crippen LogP contribution in [0.5, 0.6) is 11.5 Å². The van der Waals surface area contributed by atoms with E-state index in [1.807, 2.05) is 29.5 Å². The summed E-state index contributed by atoms with van der Waals surface area (Å²) in [7, 11) is -2.73. The van der Waals surface area contributed by atoms with Gasteiger partial charge in [-0.1, -0.05) is 11.6 Å². The van der Waals surface area contributed by atoms with Crippen LogP contribution in [0.15, 0.2) is 63.8 Å². The molecule has 0 bridgehead atoms. The van der Waals surface area contributed by atoms with E-state index in [0.29, 0.717) is 44.7 Å². The van der Waals surface area contributed by atoms with Crippen LogP contribution in [0.3, 0.4) is 0 Å². The normalized spacial score (nSPS) is 18.5. The molecule has 0 atom stereocenters. The lowest BCUT2D eigenvalue weighted by Crippen LogP contribution is -2.39. The van der Waals surface area contributed by atoms with E-state index >= 15 is 0 Å². The van der Waals surface area contributed by atoms with Gasteiger partial charge in [0.15, 0.2) is 23.1 Å². The van der Waals surface area contributed by atoms with Crippen LogP contribution in [0.25, 0.3) is 0 Å². The zero-order valence-electron chi connectivity index (χ0n) is 21.1. The summed E-state index contributed by atoms with van der Waals surface area (Å²) in [6, 6.07) is 9.19. The van der Waals surface area contributed by atoms with Crippen LogP contribution in [0.4, 0.5) is 0 Å². The zero-order chi connectivity index (χ0) is 27.2. The number of methoxy groups -OCH3 is 1. The molecule has 0 aromatic heterocycles. The molecule has 1 heterocycles. The number of nitrogens with zero attached hydrogens (tertiary/aromatic N) is 1. The van der Waals surface area contributed by atoms with Gasteiger partial charge in [-0.2, -0.15) is 8.42 Å². The average molecular weight is 668 g/mol. The Morgan fingerprint density at radius 3 is 2.08 bits per heavy atom. The van der Waals surface area contributed by atoms with E-state index in [1.165, 1.54) is 31.4 Å². The second-order valence-electron chi connectivity index (χ2n) is 9.48. The molecular weight excluding hydrogens is 641 g/mol. The quantitative estimate of drug-likeness (QED) is 0.270. The smallest absolute Gasteiger partial charge is 0.339 e. The van der Waals surface area contributed by atoms with Gasteiger partial charge in [-0.3, -0.25) is 9.59 Å². The summed E-state index contributed by atoms with van der Waals surface area (Å²) in [5, 5.41) is 0.409. The SMILES string of the molecule is CCN1C2=C(C(=O)CCC2)C(c2cc(I)c(OS(=O)(=O)c3ccc(Cl)cc3)c(OC)c2)C2=C1CCCC2=O. The van der Waals surface area contributed by atoms with Crippen molar-refractivity contribution in [3.8, 4) is 11.5 Å². The molecule has 1 aliphatic heterocycles. The minimum atomic E-state index is -4.17. The standard InChI is InChI=1S/C28H27ClINO6S/c1-3-31-20-6-4-8-22(32)26(20)25(27-21(31)7-5-9-23(27)33)16-14-19(30)28(24(15-16)36-2)37-38(34,35)18-12-10-17(29)11-13-18/h10-15,25H,3-9H2,1-2H3. The first-order chi connectivity index (χ1) is 18.2. The molecule has 3 aliphatic rings. The maximum Gasteiger partial charge on any atom is 0.339 e. The molecule has 2 aromatic rings. The Balaban J connectivity index is 1.64. The third-order valence-electron chi connectivity index (χ3n) is 7.28. The maximum absolute atomic E-state index is 13.4. The largest absolute Gasteiger partial charge is 0.493 e. The van der Waals surface area contributed by atoms with Crippen molar-refractivity contribution in [1.29, 1.82) is 0 Å². The Morgan fingerprint density at radius 1 is 0.974 bits per heavy atom. The van der Waals surface area contributed by atoms with E-state index in [2.05, 4.69) is 4.90 Å². The fourth-order valence-electron chi connectivity index (χ4n) is 5.68. The number of hydrogen-bond acceptors (Lipinski definition) is 7. The molecular formula is C28H27ClINO6S. The number of Topliss-reactive ketones (excluding diaryl/α,β-unsaturated/α-hetero) is 2. The molecule has 0 unspecified atom stereocenters. The van der Waals surface area contributed by atoms with Crippen molar-refractivity contribution >= 4 is 55.9 Å². The predicted octanol–water partition coefficient (Wildman–Crippen LogP) is 6.15. The molecule has 0 saturated heterocycles. The van der Waals surface area contributed by atoms with E-state index in [0.717, 1.165) is 37.1 Å². The van der Waals surface area contributed by atoms with Gasteiger partial charge in [0, 0.05) is 52.9 Å². The molecule has 0 saturated carbocycles. The van der Waals surface area contributed by atoms with Gasteiger partial charge in [0.25, 0.3) is 0 Å². The summed E-state index contributed by atoms with van der Waals surface area (Å²) >= 11 is 7.92. The lowest BCUT2D eigenvalue weighted by atomic mass is 9.71. The maximum atomic E-state index is 13.4. The molecule has 2 aliphatic carbocycles. The van der Waals surface area contributed by atoms with E-state index in [-0.39, 0.29) is 28.0 Å². The first-order valence-corrected chi connectivity index (χ1v) is 15.4. The number of ether oxygens (including phenoxy) is 1. The summed E-state index contributed by atoms with van der Waals surface area (Å²) in [6.45, 7) is 2.74. The second-order valence-corrected chi connectivity index (χ2v) is 12.6. The highest BCUT2D eigenvalue weighted by Gasteiger charge is 2.43. The molecule has 5 rings (SSSR count). The number of benzene rings is 2. The van der Waals surface area contributed by atoms with Crippen molar-refractivity contribution < 1.29 is 26.9 Å². The van der Waals surface area contributed by atoms with Crippen molar-refractivity contribution in [2.24, 2.45) is 0 Å². The van der Waals surface area contributed by atoms with Crippen molar-refractivity contribution in [2.45, 2.75) is 56.3 Å². The molecule has 2 aromatic carbocycles. The Kier molecular flexibility index (Phi) is 7.63. The fraction of sp³-hybridized carbons (Fsp3) is 0.357. The van der Waals surface area contributed by atoms with Gasteiger partial charge in [0.05, 0.1) is 10.7 Å². The minimum absolute atomic E-state index is 0.0408. The minimum Gasteiger partial charge on any atom is -0.493 e. The predicted molar refractivity (Wildman–Crippen MR) is 152 cm³/mol. The topological polar surface area (TPSA) is 90.0 Å². The van der Waals surface area contributed by atoms with Gasteiger partial charge in [0.1, 0.15) is 4.90 Å². The highest BCUT2D eigenvalue weighted by Crippen LogP contribution is 2.50. The lowest BCUT2D eigenvalue weighted by Gasteiger charge is -2.43. The molecule has 38 heavy (non-hydrogen) atoms. The second kappa shape index (κ2) is 10.7. The summed E-state index contributed by atoms with van der Waals surface area (Å²) in [5.74, 6) is -0.157. The number of halogens is 2. The third kappa shape index (κ3) is 4.77. The Labute approximate surface area is 241 Å². The van der Waals surface area contributed by atoms with Crippen molar-refractivity contribution in [3.05, 3.63) is 73.1 Å². The average Bonchev–Trinajstić information content (AvgIpc) is 2.89. The van der Waals surface area contributed by atoms with Crippen LogP contribution in [0.2, 0.25) is 5.02 Å². The van der Waals surface area contributed by atoms with Crippen molar-refractivity contribution in [3.63, 3.8) is 0 Å². The Hall–Kier alpha value is -2.37. The van der Waals surface area contributed by atoms with E-state index in [4.69, 9.17) is 20.5 Å². The number of carbonyl (C=O) groups is 2. The van der Waals surface area contributed by atoms with Crippen molar-refractivity contribution in [2.75, 3.05) is 13.7 Å². The monoisotopic (exact) mass is 667 g/mol. The molecule has 7 nitrogen and oxygen atoms in total. The highest BCUT2D eigenvalue weighted by atomic mass is 127. The first-order valence-electron chi connectivity index (χ1n) is 12.5. The number of allylic oxidation sites excluding steroid dienone is 4. The first kappa shape index (κ1) is 27.2. The summed E-state index contributed by atoms with van der Waals surface area (Å²) in [5.41, 5.74) is 4.06. The van der Waals surface area contributed by atoms with Gasteiger partial charge in [-0.05, 0) is 97.2 Å². The summed E-state index contributed by atoms with van der Waals surface area (Å²) < 4.78 is 37.7. The van der Waals surface area contributed by atoms with E-state index in [9.17, 15) is 18.0 Å². The number of carbonyl (C=O) groups excluding carboxylic acids is 2. The number of rotatable bonds is 6. The van der Waals surface area contributed by atoms with Gasteiger partial charge in [0.2, 0.25) is 0 Å². The Morgan fingerprint density at radius 2 is 1.55 bits per heavy atom. The molecule has 0 spiro atoms. The Bertz CT molecular complexity index is 1450. The van der Waals surface area contributed by atoms with E-state index < -0.39 is 16.0 Å². The van der Waals surface area contributed by atoms with Crippen LogP contribution in [-0.4, -0.2) is 38.5 Å². The van der Waals surface area contributed by atoms with Gasteiger partial charge in [-0.15, -0.1) is 0 Å². The summed E-state index contributed by atoms with van der Waals surface area (Å²) in [4.78, 5) is 28.9.